The minimum absolute atomic E-state index is 0.0188. The van der Waals surface area contributed by atoms with E-state index in [0.29, 0.717) is 12.0 Å². The summed E-state index contributed by atoms with van der Waals surface area (Å²) in [5, 5.41) is 2.83. The second-order valence-electron chi connectivity index (χ2n) is 13.2. The molecule has 1 amide bonds. The Morgan fingerprint density at radius 2 is 1.30 bits per heavy atom. The first-order valence-corrected chi connectivity index (χ1v) is 16.7. The molecule has 1 aliphatic rings. The molecule has 0 heterocycles. The van der Waals surface area contributed by atoms with Gasteiger partial charge in [-0.1, -0.05) is 131 Å². The van der Waals surface area contributed by atoms with Gasteiger partial charge in [-0.25, -0.2) is 0 Å². The summed E-state index contributed by atoms with van der Waals surface area (Å²) < 4.78 is 0. The Balaban J connectivity index is 1.40. The van der Waals surface area contributed by atoms with Gasteiger partial charge in [0.1, 0.15) is 0 Å². The molecule has 3 aromatic rings. The summed E-state index contributed by atoms with van der Waals surface area (Å²) in [5.74, 6) is -3.05. The van der Waals surface area contributed by atoms with Gasteiger partial charge in [-0.2, -0.15) is 0 Å². The van der Waals surface area contributed by atoms with E-state index in [4.69, 9.17) is 0 Å². The van der Waals surface area contributed by atoms with Crippen molar-refractivity contribution in [2.24, 2.45) is 23.7 Å². The van der Waals surface area contributed by atoms with Gasteiger partial charge < -0.3 is 5.32 Å². The first-order valence-electron chi connectivity index (χ1n) is 16.7. The van der Waals surface area contributed by atoms with E-state index in [9.17, 15) is 24.0 Å². The van der Waals surface area contributed by atoms with Crippen LogP contribution >= 0.6 is 0 Å². The maximum atomic E-state index is 13.6. The summed E-state index contributed by atoms with van der Waals surface area (Å²) in [7, 11) is 0. The van der Waals surface area contributed by atoms with E-state index in [1.165, 1.54) is 6.42 Å². The van der Waals surface area contributed by atoms with Crippen molar-refractivity contribution in [3.05, 3.63) is 96.1 Å². The van der Waals surface area contributed by atoms with Crippen LogP contribution in [0, 0.1) is 23.7 Å². The largest absolute Gasteiger partial charge is 0.346 e. The molecule has 6 heteroatoms. The molecule has 4 rings (SSSR count). The first kappa shape index (κ1) is 34.7. The van der Waals surface area contributed by atoms with Gasteiger partial charge >= 0.3 is 0 Å². The summed E-state index contributed by atoms with van der Waals surface area (Å²) in [6, 6.07) is 25.9. The van der Waals surface area contributed by atoms with Gasteiger partial charge in [0, 0.05) is 36.7 Å². The van der Waals surface area contributed by atoms with Crippen molar-refractivity contribution in [1.82, 2.24) is 5.32 Å². The van der Waals surface area contributed by atoms with Crippen molar-refractivity contribution in [2.45, 2.75) is 84.6 Å². The molecule has 242 valence electrons. The third-order valence-electron chi connectivity index (χ3n) is 9.32. The van der Waals surface area contributed by atoms with E-state index in [1.807, 2.05) is 86.6 Å². The normalized spacial score (nSPS) is 15.5. The average molecular weight is 622 g/mol. The van der Waals surface area contributed by atoms with Gasteiger partial charge in [0.2, 0.25) is 11.7 Å². The number of hydrogen-bond donors (Lipinski definition) is 1. The number of Topliss-reactive ketones (excluding diaryl/α,β-unsaturated/α-hetero) is 4. The van der Waals surface area contributed by atoms with Gasteiger partial charge in [-0.3, -0.25) is 24.0 Å². The number of rotatable bonds is 16. The second-order valence-corrected chi connectivity index (χ2v) is 13.2. The third-order valence-corrected chi connectivity index (χ3v) is 9.32. The molecule has 1 fully saturated rings. The molecule has 0 radical (unpaired) electrons. The topological polar surface area (TPSA) is 97.4 Å². The zero-order valence-corrected chi connectivity index (χ0v) is 27.4. The van der Waals surface area contributed by atoms with Crippen molar-refractivity contribution >= 4 is 29.0 Å². The summed E-state index contributed by atoms with van der Waals surface area (Å²) in [6.45, 7) is 5.30. The predicted octanol–water partition coefficient (Wildman–Crippen LogP) is 7.63. The Labute approximate surface area is 273 Å². The molecular weight excluding hydrogens is 574 g/mol. The molecule has 0 saturated heterocycles. The van der Waals surface area contributed by atoms with Gasteiger partial charge in [-0.05, 0) is 41.9 Å². The molecule has 1 saturated carbocycles. The van der Waals surface area contributed by atoms with Crippen LogP contribution in [0.15, 0.2) is 84.9 Å². The molecule has 3 aromatic carbocycles. The number of ketones is 4. The molecule has 0 spiro atoms. The standard InChI is InChI=1S/C40H47NO5/c1-27(2)35(39(45)38(44)24-30-15-9-5-10-16-30)26-36(42)28(3)41-40(46)34(23-29-13-7-4-8-14-29)25-37(43)33-21-19-32(20-22-33)31-17-11-6-12-18-31/h4,6-8,11-14,17-22,27-28,30,34-35H,5,9-10,15-16,23-26H2,1-3H3,(H,41,46)/t28-,34-,35-/m0/s1. The van der Waals surface area contributed by atoms with Crippen molar-refractivity contribution in [2.75, 3.05) is 0 Å². The van der Waals surface area contributed by atoms with Gasteiger partial charge in [-0.15, -0.1) is 0 Å². The first-order chi connectivity index (χ1) is 22.1. The molecule has 1 aliphatic carbocycles. The summed E-state index contributed by atoms with van der Waals surface area (Å²) in [5.41, 5.74) is 3.48. The number of carbonyl (C=O) groups excluding carboxylic acids is 5. The maximum absolute atomic E-state index is 13.6. The van der Waals surface area contributed by atoms with Gasteiger partial charge in [0.25, 0.3) is 0 Å². The molecule has 0 aliphatic heterocycles. The van der Waals surface area contributed by atoms with Crippen LogP contribution in [-0.2, 0) is 25.6 Å². The van der Waals surface area contributed by atoms with Crippen molar-refractivity contribution < 1.29 is 24.0 Å². The second kappa shape index (κ2) is 16.9. The third kappa shape index (κ3) is 9.90. The van der Waals surface area contributed by atoms with Crippen LogP contribution in [0.3, 0.4) is 0 Å². The van der Waals surface area contributed by atoms with Gasteiger partial charge in [0.05, 0.1) is 6.04 Å². The number of carbonyl (C=O) groups is 5. The fourth-order valence-electron chi connectivity index (χ4n) is 6.37. The number of amides is 1. The van der Waals surface area contributed by atoms with Crippen molar-refractivity contribution in [3.8, 4) is 11.1 Å². The molecule has 0 aromatic heterocycles. The Kier molecular flexibility index (Phi) is 12.8. The highest BCUT2D eigenvalue weighted by Gasteiger charge is 2.33. The number of nitrogens with one attached hydrogen (secondary N) is 1. The maximum Gasteiger partial charge on any atom is 0.224 e. The van der Waals surface area contributed by atoms with E-state index < -0.39 is 23.7 Å². The average Bonchev–Trinajstić information content (AvgIpc) is 3.07. The minimum atomic E-state index is -0.867. The lowest BCUT2D eigenvalue weighted by atomic mass is 9.80. The van der Waals surface area contributed by atoms with E-state index >= 15 is 0 Å². The fraction of sp³-hybridized carbons (Fsp3) is 0.425. The van der Waals surface area contributed by atoms with Crippen molar-refractivity contribution in [1.29, 1.82) is 0 Å². The molecule has 6 nitrogen and oxygen atoms in total. The highest BCUT2D eigenvalue weighted by molar-refractivity contribution is 6.38. The van der Waals surface area contributed by atoms with Crippen LogP contribution in [0.1, 0.15) is 88.1 Å². The zero-order valence-electron chi connectivity index (χ0n) is 27.4. The summed E-state index contributed by atoms with van der Waals surface area (Å²) in [6.07, 6.45) is 5.77. The summed E-state index contributed by atoms with van der Waals surface area (Å²) >= 11 is 0. The van der Waals surface area contributed by atoms with Crippen LogP contribution in [0.2, 0.25) is 0 Å². The van der Waals surface area contributed by atoms with Crippen LogP contribution in [-0.4, -0.2) is 35.1 Å². The predicted molar refractivity (Wildman–Crippen MR) is 181 cm³/mol. The minimum Gasteiger partial charge on any atom is -0.346 e. The van der Waals surface area contributed by atoms with Crippen molar-refractivity contribution in [3.63, 3.8) is 0 Å². The highest BCUT2D eigenvalue weighted by atomic mass is 16.2. The lowest BCUT2D eigenvalue weighted by Gasteiger charge is -2.24. The zero-order chi connectivity index (χ0) is 33.1. The molecule has 46 heavy (non-hydrogen) atoms. The quantitative estimate of drug-likeness (QED) is 0.131. The molecule has 0 bridgehead atoms. The van der Waals surface area contributed by atoms with Gasteiger partial charge in [0.15, 0.2) is 17.3 Å². The van der Waals surface area contributed by atoms with E-state index in [2.05, 4.69) is 5.32 Å². The fourth-order valence-corrected chi connectivity index (χ4v) is 6.37. The monoisotopic (exact) mass is 621 g/mol. The SMILES string of the molecule is CC(C)[C@H](CC(=O)[C@H](C)NC(=O)[C@H](CC(=O)c1ccc(-c2ccccc2)cc1)Cc1ccccc1)C(=O)C(=O)CC1CCCCC1. The highest BCUT2D eigenvalue weighted by Crippen LogP contribution is 2.28. The molecular formula is C40H47NO5. The van der Waals surface area contributed by atoms with E-state index in [0.717, 1.165) is 42.4 Å². The number of hydrogen-bond acceptors (Lipinski definition) is 5. The Morgan fingerprint density at radius 3 is 1.91 bits per heavy atom. The Hall–Kier alpha value is -4.19. The molecule has 0 unspecified atom stereocenters. The number of benzene rings is 3. The Morgan fingerprint density at radius 1 is 0.717 bits per heavy atom. The van der Waals surface area contributed by atoms with E-state index in [1.54, 1.807) is 19.1 Å². The Bertz CT molecular complexity index is 1470. The van der Waals surface area contributed by atoms with Crippen LogP contribution in [0.4, 0.5) is 0 Å². The molecule has 3 atom stereocenters. The van der Waals surface area contributed by atoms with E-state index in [-0.39, 0.29) is 54.4 Å². The lowest BCUT2D eigenvalue weighted by molar-refractivity contribution is -0.142. The van der Waals surface area contributed by atoms with Crippen LogP contribution < -0.4 is 5.32 Å². The smallest absolute Gasteiger partial charge is 0.224 e. The lowest BCUT2D eigenvalue weighted by Crippen LogP contribution is -2.44. The van der Waals surface area contributed by atoms with Crippen LogP contribution in [0.5, 0.6) is 0 Å². The summed E-state index contributed by atoms with van der Waals surface area (Å²) in [4.78, 5) is 66.4. The molecule has 1 N–H and O–H groups in total. The van der Waals surface area contributed by atoms with Crippen LogP contribution in [0.25, 0.3) is 11.1 Å².